The Balaban J connectivity index is 1.50. The van der Waals surface area contributed by atoms with E-state index in [1.165, 1.54) is 5.56 Å². The highest BCUT2D eigenvalue weighted by molar-refractivity contribution is 5.95. The molecule has 1 unspecified atom stereocenters. The summed E-state index contributed by atoms with van der Waals surface area (Å²) in [5.74, 6) is 0.377. The molecular formula is C23H30N2O2. The number of nitrogens with zero attached hydrogens (tertiary/aromatic N) is 2. The zero-order chi connectivity index (χ0) is 19.2. The SMILES string of the molecule is CN(C)c1cccc(C(=O)N2CCC(C(O)CCc3ccccc3)CC2)c1. The first-order valence-electron chi connectivity index (χ1n) is 9.83. The van der Waals surface area contributed by atoms with Crippen LogP contribution in [0, 0.1) is 5.92 Å². The molecule has 144 valence electrons. The topological polar surface area (TPSA) is 43.8 Å². The molecule has 0 aromatic heterocycles. The number of carbonyl (C=O) groups excluding carboxylic acids is 1. The number of anilines is 1. The predicted molar refractivity (Wildman–Crippen MR) is 110 cm³/mol. The van der Waals surface area contributed by atoms with Crippen LogP contribution in [0.4, 0.5) is 5.69 Å². The first kappa shape index (κ1) is 19.4. The van der Waals surface area contributed by atoms with E-state index in [4.69, 9.17) is 0 Å². The number of piperidine rings is 1. The molecule has 1 aliphatic heterocycles. The van der Waals surface area contributed by atoms with Gasteiger partial charge in [0.2, 0.25) is 0 Å². The van der Waals surface area contributed by atoms with E-state index in [-0.39, 0.29) is 17.9 Å². The van der Waals surface area contributed by atoms with Crippen molar-refractivity contribution in [3.05, 3.63) is 65.7 Å². The lowest BCUT2D eigenvalue weighted by molar-refractivity contribution is 0.0437. The average Bonchev–Trinajstić information content (AvgIpc) is 2.72. The van der Waals surface area contributed by atoms with Crippen LogP contribution >= 0.6 is 0 Å². The normalized spacial score (nSPS) is 16.2. The van der Waals surface area contributed by atoms with E-state index in [1.807, 2.05) is 66.4 Å². The monoisotopic (exact) mass is 366 g/mol. The first-order chi connectivity index (χ1) is 13.0. The highest BCUT2D eigenvalue weighted by Gasteiger charge is 2.27. The van der Waals surface area contributed by atoms with Gasteiger partial charge in [0.25, 0.3) is 5.91 Å². The van der Waals surface area contributed by atoms with E-state index in [9.17, 15) is 9.90 Å². The van der Waals surface area contributed by atoms with E-state index in [0.717, 1.165) is 50.0 Å². The lowest BCUT2D eigenvalue weighted by Gasteiger charge is -2.34. The average molecular weight is 367 g/mol. The Bertz CT molecular complexity index is 737. The summed E-state index contributed by atoms with van der Waals surface area (Å²) in [7, 11) is 3.96. The van der Waals surface area contributed by atoms with Crippen molar-refractivity contribution in [2.24, 2.45) is 5.92 Å². The summed E-state index contributed by atoms with van der Waals surface area (Å²) in [6.45, 7) is 1.44. The molecule has 1 saturated heterocycles. The van der Waals surface area contributed by atoms with Crippen LogP contribution in [0.5, 0.6) is 0 Å². The number of amides is 1. The molecule has 1 amide bonds. The van der Waals surface area contributed by atoms with Crippen molar-refractivity contribution in [1.82, 2.24) is 4.90 Å². The second-order valence-corrected chi connectivity index (χ2v) is 7.67. The van der Waals surface area contributed by atoms with Gasteiger partial charge in [-0.05, 0) is 55.4 Å². The van der Waals surface area contributed by atoms with Crippen LogP contribution in [-0.4, -0.2) is 49.2 Å². The summed E-state index contributed by atoms with van der Waals surface area (Å²) in [6.07, 6.45) is 3.13. The smallest absolute Gasteiger partial charge is 0.253 e. The van der Waals surface area contributed by atoms with Crippen LogP contribution in [0.1, 0.15) is 35.2 Å². The first-order valence-corrected chi connectivity index (χ1v) is 9.83. The minimum Gasteiger partial charge on any atom is -0.393 e. The number of benzene rings is 2. The molecule has 1 aliphatic rings. The Kier molecular flexibility index (Phi) is 6.51. The fourth-order valence-corrected chi connectivity index (χ4v) is 3.78. The molecule has 27 heavy (non-hydrogen) atoms. The van der Waals surface area contributed by atoms with Crippen LogP contribution in [0.2, 0.25) is 0 Å². The molecule has 0 spiro atoms. The molecule has 0 radical (unpaired) electrons. The minimum absolute atomic E-state index is 0.0934. The van der Waals surface area contributed by atoms with E-state index in [2.05, 4.69) is 12.1 Å². The third-order valence-electron chi connectivity index (χ3n) is 5.55. The Labute approximate surface area is 162 Å². The molecule has 1 fully saturated rings. The van der Waals surface area contributed by atoms with Crippen molar-refractivity contribution in [3.8, 4) is 0 Å². The molecule has 1 heterocycles. The predicted octanol–water partition coefficient (Wildman–Crippen LogP) is 3.60. The van der Waals surface area contributed by atoms with Crippen molar-refractivity contribution in [2.45, 2.75) is 31.8 Å². The van der Waals surface area contributed by atoms with Crippen LogP contribution in [0.25, 0.3) is 0 Å². The molecule has 2 aromatic carbocycles. The summed E-state index contributed by atoms with van der Waals surface area (Å²) < 4.78 is 0. The third kappa shape index (κ3) is 5.10. The number of hydrogen-bond acceptors (Lipinski definition) is 3. The number of likely N-dealkylation sites (tertiary alicyclic amines) is 1. The number of aliphatic hydroxyl groups is 1. The standard InChI is InChI=1S/C23H30N2O2/c1-24(2)21-10-6-9-20(17-21)23(27)25-15-13-19(14-16-25)22(26)12-11-18-7-4-3-5-8-18/h3-10,17,19,22,26H,11-16H2,1-2H3. The van der Waals surface area contributed by atoms with E-state index in [0.29, 0.717) is 0 Å². The van der Waals surface area contributed by atoms with Gasteiger partial charge in [-0.2, -0.15) is 0 Å². The number of carbonyl (C=O) groups is 1. The van der Waals surface area contributed by atoms with Crippen LogP contribution < -0.4 is 4.90 Å². The van der Waals surface area contributed by atoms with Crippen LogP contribution in [-0.2, 0) is 6.42 Å². The quantitative estimate of drug-likeness (QED) is 0.849. The second-order valence-electron chi connectivity index (χ2n) is 7.67. The largest absolute Gasteiger partial charge is 0.393 e. The van der Waals surface area contributed by atoms with Gasteiger partial charge in [0.1, 0.15) is 0 Å². The van der Waals surface area contributed by atoms with Crippen molar-refractivity contribution < 1.29 is 9.90 Å². The van der Waals surface area contributed by atoms with Gasteiger partial charge in [-0.1, -0.05) is 36.4 Å². The van der Waals surface area contributed by atoms with Gasteiger partial charge < -0.3 is 14.9 Å². The molecular weight excluding hydrogens is 336 g/mol. The summed E-state index contributed by atoms with van der Waals surface area (Å²) in [6, 6.07) is 18.1. The maximum absolute atomic E-state index is 12.8. The Morgan fingerprint density at radius 2 is 1.81 bits per heavy atom. The van der Waals surface area contributed by atoms with Gasteiger partial charge >= 0.3 is 0 Å². The van der Waals surface area contributed by atoms with Crippen molar-refractivity contribution in [3.63, 3.8) is 0 Å². The van der Waals surface area contributed by atoms with Gasteiger partial charge in [-0.3, -0.25) is 4.79 Å². The molecule has 3 rings (SSSR count). The van der Waals surface area contributed by atoms with E-state index >= 15 is 0 Å². The number of aryl methyl sites for hydroxylation is 1. The van der Waals surface area contributed by atoms with Crippen molar-refractivity contribution >= 4 is 11.6 Å². The van der Waals surface area contributed by atoms with Gasteiger partial charge in [0.05, 0.1) is 6.10 Å². The highest BCUT2D eigenvalue weighted by atomic mass is 16.3. The lowest BCUT2D eigenvalue weighted by Crippen LogP contribution is -2.41. The maximum atomic E-state index is 12.8. The summed E-state index contributed by atoms with van der Waals surface area (Å²) in [4.78, 5) is 16.7. The van der Waals surface area contributed by atoms with Gasteiger partial charge in [0, 0.05) is 38.4 Å². The molecule has 0 aliphatic carbocycles. The van der Waals surface area contributed by atoms with Gasteiger partial charge in [0.15, 0.2) is 0 Å². The zero-order valence-electron chi connectivity index (χ0n) is 16.3. The Morgan fingerprint density at radius 3 is 2.48 bits per heavy atom. The highest BCUT2D eigenvalue weighted by Crippen LogP contribution is 2.25. The van der Waals surface area contributed by atoms with Gasteiger partial charge in [-0.25, -0.2) is 0 Å². The maximum Gasteiger partial charge on any atom is 0.253 e. The van der Waals surface area contributed by atoms with Crippen molar-refractivity contribution in [1.29, 1.82) is 0 Å². The van der Waals surface area contributed by atoms with Gasteiger partial charge in [-0.15, -0.1) is 0 Å². The summed E-state index contributed by atoms with van der Waals surface area (Å²) in [5.41, 5.74) is 3.04. The Morgan fingerprint density at radius 1 is 1.11 bits per heavy atom. The number of rotatable bonds is 6. The van der Waals surface area contributed by atoms with Crippen LogP contribution in [0.15, 0.2) is 54.6 Å². The molecule has 2 aromatic rings. The minimum atomic E-state index is -0.292. The Hall–Kier alpha value is -2.33. The lowest BCUT2D eigenvalue weighted by atomic mass is 9.88. The molecule has 4 heteroatoms. The fraction of sp³-hybridized carbons (Fsp3) is 0.435. The molecule has 4 nitrogen and oxygen atoms in total. The van der Waals surface area contributed by atoms with E-state index in [1.54, 1.807) is 0 Å². The third-order valence-corrected chi connectivity index (χ3v) is 5.55. The molecule has 0 saturated carbocycles. The van der Waals surface area contributed by atoms with E-state index < -0.39 is 0 Å². The fourth-order valence-electron chi connectivity index (χ4n) is 3.78. The second kappa shape index (κ2) is 9.05. The van der Waals surface area contributed by atoms with Crippen LogP contribution in [0.3, 0.4) is 0 Å². The number of aliphatic hydroxyl groups excluding tert-OH is 1. The zero-order valence-corrected chi connectivity index (χ0v) is 16.3. The molecule has 1 atom stereocenters. The van der Waals surface area contributed by atoms with Crippen molar-refractivity contribution in [2.75, 3.05) is 32.1 Å². The number of hydrogen-bond donors (Lipinski definition) is 1. The summed E-state index contributed by atoms with van der Waals surface area (Å²) in [5, 5.41) is 10.6. The summed E-state index contributed by atoms with van der Waals surface area (Å²) >= 11 is 0. The molecule has 1 N–H and O–H groups in total. The molecule has 0 bridgehead atoms.